The third kappa shape index (κ3) is 2.56. The van der Waals surface area contributed by atoms with Crippen molar-refractivity contribution in [2.45, 2.75) is 6.10 Å². The number of aromatic nitrogens is 2. The molecule has 0 spiro atoms. The van der Waals surface area contributed by atoms with E-state index in [4.69, 9.17) is 0 Å². The van der Waals surface area contributed by atoms with E-state index in [9.17, 15) is 5.11 Å². The second kappa shape index (κ2) is 4.13. The number of hydrogen-bond acceptors (Lipinski definition) is 4. The third-order valence-corrected chi connectivity index (χ3v) is 1.46. The van der Waals surface area contributed by atoms with Crippen LogP contribution in [-0.4, -0.2) is 40.6 Å². The van der Waals surface area contributed by atoms with Crippen molar-refractivity contribution in [2.75, 3.05) is 20.6 Å². The SMILES string of the molecule is CN(C)CC(O)c1cnccn1. The van der Waals surface area contributed by atoms with Crippen LogP contribution < -0.4 is 0 Å². The molecule has 0 aromatic carbocycles. The third-order valence-electron chi connectivity index (χ3n) is 1.46. The number of aliphatic hydroxyl groups excluding tert-OH is 1. The van der Waals surface area contributed by atoms with Gasteiger partial charge in [0.05, 0.1) is 11.9 Å². The summed E-state index contributed by atoms with van der Waals surface area (Å²) < 4.78 is 0. The summed E-state index contributed by atoms with van der Waals surface area (Å²) in [5.41, 5.74) is 0.617. The quantitative estimate of drug-likeness (QED) is 0.692. The van der Waals surface area contributed by atoms with Crippen molar-refractivity contribution in [1.29, 1.82) is 0 Å². The summed E-state index contributed by atoms with van der Waals surface area (Å²) in [6, 6.07) is 0. The molecule has 66 valence electrons. The zero-order valence-corrected chi connectivity index (χ0v) is 7.31. The van der Waals surface area contributed by atoms with Gasteiger partial charge in [0.1, 0.15) is 6.10 Å². The zero-order chi connectivity index (χ0) is 8.97. The summed E-state index contributed by atoms with van der Waals surface area (Å²) in [6.45, 7) is 0.568. The van der Waals surface area contributed by atoms with Gasteiger partial charge in [0.25, 0.3) is 0 Å². The molecule has 1 aromatic rings. The Hall–Kier alpha value is -1.00. The highest BCUT2D eigenvalue weighted by Crippen LogP contribution is 2.07. The summed E-state index contributed by atoms with van der Waals surface area (Å²) in [7, 11) is 3.80. The van der Waals surface area contributed by atoms with Gasteiger partial charge >= 0.3 is 0 Å². The van der Waals surface area contributed by atoms with Crippen molar-refractivity contribution < 1.29 is 5.11 Å². The lowest BCUT2D eigenvalue weighted by Gasteiger charge is -2.14. The van der Waals surface area contributed by atoms with Gasteiger partial charge in [0.2, 0.25) is 0 Å². The molecule has 0 fully saturated rings. The summed E-state index contributed by atoms with van der Waals surface area (Å²) in [5.74, 6) is 0. The minimum Gasteiger partial charge on any atom is -0.385 e. The van der Waals surface area contributed by atoms with E-state index in [2.05, 4.69) is 9.97 Å². The minimum absolute atomic E-state index is 0.548. The first kappa shape index (κ1) is 9.09. The molecule has 1 atom stereocenters. The molecule has 0 bridgehead atoms. The summed E-state index contributed by atoms with van der Waals surface area (Å²) in [6.07, 6.45) is 4.20. The smallest absolute Gasteiger partial charge is 0.110 e. The fourth-order valence-electron chi connectivity index (χ4n) is 0.922. The highest BCUT2D eigenvalue weighted by Gasteiger charge is 2.08. The number of hydrogen-bond donors (Lipinski definition) is 1. The predicted octanol–water partition coefficient (Wildman–Crippen LogP) is 0.0716. The van der Waals surface area contributed by atoms with Crippen LogP contribution >= 0.6 is 0 Å². The zero-order valence-electron chi connectivity index (χ0n) is 7.31. The van der Waals surface area contributed by atoms with Crippen LogP contribution in [0.1, 0.15) is 11.8 Å². The van der Waals surface area contributed by atoms with Crippen LogP contribution in [0.3, 0.4) is 0 Å². The van der Waals surface area contributed by atoms with Crippen LogP contribution in [0.2, 0.25) is 0 Å². The Morgan fingerprint density at radius 3 is 2.75 bits per heavy atom. The summed E-state index contributed by atoms with van der Waals surface area (Å²) in [5, 5.41) is 9.55. The summed E-state index contributed by atoms with van der Waals surface area (Å²) >= 11 is 0. The fraction of sp³-hybridized carbons (Fsp3) is 0.500. The molecule has 0 aliphatic carbocycles. The van der Waals surface area contributed by atoms with Gasteiger partial charge in [0, 0.05) is 18.9 Å². The molecule has 1 N–H and O–H groups in total. The Balaban J connectivity index is 2.59. The largest absolute Gasteiger partial charge is 0.385 e. The molecule has 1 rings (SSSR count). The number of likely N-dealkylation sites (N-methyl/N-ethyl adjacent to an activating group) is 1. The molecule has 4 nitrogen and oxygen atoms in total. The first-order valence-corrected chi connectivity index (χ1v) is 3.79. The van der Waals surface area contributed by atoms with Gasteiger partial charge < -0.3 is 10.0 Å². The van der Waals surface area contributed by atoms with Gasteiger partial charge in [0.15, 0.2) is 0 Å². The summed E-state index contributed by atoms with van der Waals surface area (Å²) in [4.78, 5) is 9.77. The molecule has 0 amide bonds. The average molecular weight is 167 g/mol. The number of aliphatic hydroxyl groups is 1. The van der Waals surface area contributed by atoms with E-state index in [1.807, 2.05) is 19.0 Å². The molecule has 1 heterocycles. The monoisotopic (exact) mass is 167 g/mol. The van der Waals surface area contributed by atoms with Crippen LogP contribution in [0, 0.1) is 0 Å². The molecule has 1 aromatic heterocycles. The molecule has 0 saturated carbocycles. The first-order valence-electron chi connectivity index (χ1n) is 3.79. The van der Waals surface area contributed by atoms with Gasteiger partial charge in [-0.1, -0.05) is 0 Å². The standard InChI is InChI=1S/C8H13N3O/c1-11(2)6-8(12)7-5-9-3-4-10-7/h3-5,8,12H,6H2,1-2H3. The Morgan fingerprint density at radius 2 is 2.25 bits per heavy atom. The number of rotatable bonds is 3. The van der Waals surface area contributed by atoms with Gasteiger partial charge in [-0.25, -0.2) is 0 Å². The van der Waals surface area contributed by atoms with Crippen LogP contribution in [0.15, 0.2) is 18.6 Å². The highest BCUT2D eigenvalue weighted by molar-refractivity contribution is 4.99. The van der Waals surface area contributed by atoms with Gasteiger partial charge in [-0.05, 0) is 14.1 Å². The lowest BCUT2D eigenvalue weighted by Crippen LogP contribution is -2.20. The van der Waals surface area contributed by atoms with Gasteiger partial charge in [-0.15, -0.1) is 0 Å². The molecule has 4 heteroatoms. The molecule has 12 heavy (non-hydrogen) atoms. The van der Waals surface area contributed by atoms with Crippen LogP contribution in [0.5, 0.6) is 0 Å². The van der Waals surface area contributed by atoms with E-state index in [0.29, 0.717) is 12.2 Å². The minimum atomic E-state index is -0.548. The molecule has 0 saturated heterocycles. The Bertz CT molecular complexity index is 225. The van der Waals surface area contributed by atoms with E-state index < -0.39 is 6.10 Å². The lowest BCUT2D eigenvalue weighted by atomic mass is 10.2. The van der Waals surface area contributed by atoms with Crippen LogP contribution in [0.25, 0.3) is 0 Å². The second-order valence-corrected chi connectivity index (χ2v) is 2.91. The maximum atomic E-state index is 9.55. The average Bonchev–Trinajstić information content (AvgIpc) is 2.05. The molecule has 0 aliphatic heterocycles. The Labute approximate surface area is 71.9 Å². The highest BCUT2D eigenvalue weighted by atomic mass is 16.3. The van der Waals surface area contributed by atoms with E-state index in [-0.39, 0.29) is 0 Å². The van der Waals surface area contributed by atoms with Crippen molar-refractivity contribution in [3.05, 3.63) is 24.3 Å². The van der Waals surface area contributed by atoms with Crippen molar-refractivity contribution in [3.8, 4) is 0 Å². The molecular formula is C8H13N3O. The lowest BCUT2D eigenvalue weighted by molar-refractivity contribution is 0.134. The first-order chi connectivity index (χ1) is 5.70. The normalized spacial score (nSPS) is 13.3. The van der Waals surface area contributed by atoms with E-state index in [1.54, 1.807) is 18.6 Å². The van der Waals surface area contributed by atoms with Crippen molar-refractivity contribution >= 4 is 0 Å². The second-order valence-electron chi connectivity index (χ2n) is 2.91. The molecule has 0 radical (unpaired) electrons. The predicted molar refractivity (Wildman–Crippen MR) is 45.5 cm³/mol. The molecular weight excluding hydrogens is 154 g/mol. The Morgan fingerprint density at radius 1 is 1.50 bits per heavy atom. The van der Waals surface area contributed by atoms with Crippen LogP contribution in [-0.2, 0) is 0 Å². The van der Waals surface area contributed by atoms with Crippen molar-refractivity contribution in [1.82, 2.24) is 14.9 Å². The van der Waals surface area contributed by atoms with Gasteiger partial charge in [-0.3, -0.25) is 9.97 Å². The van der Waals surface area contributed by atoms with Gasteiger partial charge in [-0.2, -0.15) is 0 Å². The Kier molecular flexibility index (Phi) is 3.13. The van der Waals surface area contributed by atoms with E-state index in [1.165, 1.54) is 0 Å². The van der Waals surface area contributed by atoms with Crippen molar-refractivity contribution in [2.24, 2.45) is 0 Å². The van der Waals surface area contributed by atoms with Crippen LogP contribution in [0.4, 0.5) is 0 Å². The molecule has 0 aliphatic rings. The van der Waals surface area contributed by atoms with Crippen molar-refractivity contribution in [3.63, 3.8) is 0 Å². The topological polar surface area (TPSA) is 49.2 Å². The maximum absolute atomic E-state index is 9.55. The van der Waals surface area contributed by atoms with E-state index >= 15 is 0 Å². The molecule has 1 unspecified atom stereocenters. The number of nitrogens with zero attached hydrogens (tertiary/aromatic N) is 3. The maximum Gasteiger partial charge on any atom is 0.110 e. The fourth-order valence-corrected chi connectivity index (χ4v) is 0.922. The van der Waals surface area contributed by atoms with E-state index in [0.717, 1.165) is 0 Å².